The summed E-state index contributed by atoms with van der Waals surface area (Å²) in [6.45, 7) is 0. The molecule has 9 aromatic rings. The van der Waals surface area contributed by atoms with Crippen LogP contribution in [0.5, 0.6) is 0 Å². The molecule has 7 aromatic carbocycles. The van der Waals surface area contributed by atoms with Crippen molar-refractivity contribution in [3.63, 3.8) is 0 Å². The van der Waals surface area contributed by atoms with E-state index in [1.807, 2.05) is 67.0 Å². The smallest absolute Gasteiger partial charge is 0.163 e. The van der Waals surface area contributed by atoms with E-state index in [9.17, 15) is 0 Å². The van der Waals surface area contributed by atoms with Crippen molar-refractivity contribution in [3.8, 4) is 5.69 Å². The summed E-state index contributed by atoms with van der Waals surface area (Å²) in [6, 6.07) is 55.2. The predicted octanol–water partition coefficient (Wildman–Crippen LogP) is 12.4. The molecule has 0 bridgehead atoms. The minimum atomic E-state index is 0.170. The third kappa shape index (κ3) is 5.35. The summed E-state index contributed by atoms with van der Waals surface area (Å²) in [4.78, 5) is 9.93. The highest BCUT2D eigenvalue weighted by molar-refractivity contribution is 6.38. The third-order valence-corrected chi connectivity index (χ3v) is 11.3. The van der Waals surface area contributed by atoms with Gasteiger partial charge in [-0.2, -0.15) is 0 Å². The van der Waals surface area contributed by atoms with Gasteiger partial charge in [-0.1, -0.05) is 147 Å². The fourth-order valence-corrected chi connectivity index (χ4v) is 8.78. The van der Waals surface area contributed by atoms with E-state index in [-0.39, 0.29) is 5.84 Å². The van der Waals surface area contributed by atoms with Gasteiger partial charge in [-0.25, -0.2) is 9.98 Å². The summed E-state index contributed by atoms with van der Waals surface area (Å²) in [5, 5.41) is 16.2. The number of benzene rings is 7. The van der Waals surface area contributed by atoms with E-state index in [1.165, 1.54) is 75.6 Å². The molecule has 0 saturated heterocycles. The van der Waals surface area contributed by atoms with Crippen LogP contribution in [0.3, 0.4) is 0 Å². The average molecular weight is 698 g/mol. The van der Waals surface area contributed by atoms with Gasteiger partial charge in [0.25, 0.3) is 0 Å². The Morgan fingerprint density at radius 2 is 1.15 bits per heavy atom. The first-order chi connectivity index (χ1) is 26.7. The predicted molar refractivity (Wildman–Crippen MR) is 227 cm³/mol. The largest absolute Gasteiger partial charge is 0.309 e. The van der Waals surface area contributed by atoms with E-state index < -0.39 is 0 Å². The van der Waals surface area contributed by atoms with Crippen molar-refractivity contribution in [2.24, 2.45) is 9.98 Å². The van der Waals surface area contributed by atoms with E-state index in [1.54, 1.807) is 0 Å². The third-order valence-electron chi connectivity index (χ3n) is 11.3. The number of nitrogens with zero attached hydrogens (tertiary/aromatic N) is 4. The van der Waals surface area contributed by atoms with Crippen molar-refractivity contribution in [1.82, 2.24) is 9.13 Å². The molecule has 0 aliphatic heterocycles. The molecule has 0 unspecified atom stereocenters. The summed E-state index contributed by atoms with van der Waals surface area (Å²) in [5.74, 6) is 1.25. The van der Waals surface area contributed by atoms with Gasteiger partial charge in [0.2, 0.25) is 0 Å². The lowest BCUT2D eigenvalue weighted by atomic mass is 9.83. The quantitative estimate of drug-likeness (QED) is 0.137. The van der Waals surface area contributed by atoms with E-state index in [0.29, 0.717) is 11.8 Å². The molecule has 1 aliphatic carbocycles. The molecule has 2 aromatic heterocycles. The standard InChI is InChI=1S/C49H39N5/c50-48(34-19-7-2-8-20-34)52-49(35-21-9-3-10-22-35)51-32-53-42-28-16-15-27-40(42)44-45-41-31-36(33-17-5-1-6-18-33)29-30-43(41)54(37-23-11-4-12-24-37)47(45)39-26-14-13-25-38(39)46(44)53/h2-4,7-16,19-33,50H,1,5-6,17-18H2. The van der Waals surface area contributed by atoms with Gasteiger partial charge in [-0.3, -0.25) is 9.98 Å². The van der Waals surface area contributed by atoms with Crippen LogP contribution in [0.1, 0.15) is 54.7 Å². The Hall–Kier alpha value is -6.59. The summed E-state index contributed by atoms with van der Waals surface area (Å²) in [6.07, 6.45) is 8.36. The van der Waals surface area contributed by atoms with Crippen LogP contribution >= 0.6 is 0 Å². The molecule has 0 radical (unpaired) electrons. The molecule has 0 amide bonds. The topological polar surface area (TPSA) is 58.4 Å². The minimum Gasteiger partial charge on any atom is -0.309 e. The zero-order valence-electron chi connectivity index (χ0n) is 30.0. The molecule has 5 heteroatoms. The van der Waals surface area contributed by atoms with Crippen LogP contribution in [0.15, 0.2) is 168 Å². The second-order valence-corrected chi connectivity index (χ2v) is 14.4. The summed E-state index contributed by atoms with van der Waals surface area (Å²) in [5.41, 5.74) is 8.83. The molecule has 1 N–H and O–H groups in total. The Bertz CT molecular complexity index is 2910. The van der Waals surface area contributed by atoms with Gasteiger partial charge in [0.15, 0.2) is 11.7 Å². The van der Waals surface area contributed by atoms with Crippen molar-refractivity contribution in [1.29, 1.82) is 5.41 Å². The molecule has 0 spiro atoms. The van der Waals surface area contributed by atoms with Crippen LogP contribution in [-0.4, -0.2) is 27.1 Å². The number of nitrogens with one attached hydrogen (secondary N) is 1. The van der Waals surface area contributed by atoms with E-state index in [0.717, 1.165) is 33.2 Å². The normalized spacial score (nSPS) is 14.3. The number of fused-ring (bicyclic) bond motifs is 10. The first kappa shape index (κ1) is 32.1. The SMILES string of the molecule is N=C(N=C(N=Cn1c2ccccc2c2c3c4cc(C5CCCCC5)ccc4n(-c4ccccc4)c3c3ccccc3c21)c1ccccc1)c1ccccc1. The number of aromatic nitrogens is 2. The summed E-state index contributed by atoms with van der Waals surface area (Å²) in [7, 11) is 0. The maximum Gasteiger partial charge on any atom is 0.163 e. The lowest BCUT2D eigenvalue weighted by Crippen LogP contribution is -2.06. The Kier molecular flexibility index (Phi) is 7.98. The molecular formula is C49H39N5. The highest BCUT2D eigenvalue weighted by Crippen LogP contribution is 2.46. The van der Waals surface area contributed by atoms with Crippen molar-refractivity contribution < 1.29 is 0 Å². The van der Waals surface area contributed by atoms with Crippen molar-refractivity contribution in [2.75, 3.05) is 0 Å². The summed E-state index contributed by atoms with van der Waals surface area (Å²) < 4.78 is 4.72. The van der Waals surface area contributed by atoms with Crippen LogP contribution in [0, 0.1) is 5.41 Å². The Morgan fingerprint density at radius 3 is 1.87 bits per heavy atom. The second kappa shape index (κ2) is 13.4. The number of rotatable bonds is 5. The van der Waals surface area contributed by atoms with Crippen molar-refractivity contribution in [3.05, 3.63) is 174 Å². The number of hydrogen-bond donors (Lipinski definition) is 1. The number of amidine groups is 2. The van der Waals surface area contributed by atoms with Crippen molar-refractivity contribution >= 4 is 72.4 Å². The molecule has 1 saturated carbocycles. The molecule has 0 atom stereocenters. The van der Waals surface area contributed by atoms with Gasteiger partial charge in [-0.05, 0) is 54.7 Å². The van der Waals surface area contributed by atoms with Crippen LogP contribution in [0.25, 0.3) is 60.1 Å². The van der Waals surface area contributed by atoms with E-state index in [2.05, 4.69) is 106 Å². The van der Waals surface area contributed by atoms with Gasteiger partial charge in [-0.15, -0.1) is 0 Å². The number of aliphatic imine (C=N–C) groups is 2. The van der Waals surface area contributed by atoms with E-state index >= 15 is 0 Å². The average Bonchev–Trinajstić information content (AvgIpc) is 3.76. The molecular weight excluding hydrogens is 659 g/mol. The molecule has 1 aliphatic rings. The summed E-state index contributed by atoms with van der Waals surface area (Å²) >= 11 is 0. The zero-order chi connectivity index (χ0) is 36.0. The van der Waals surface area contributed by atoms with Crippen LogP contribution < -0.4 is 0 Å². The molecule has 5 nitrogen and oxygen atoms in total. The van der Waals surface area contributed by atoms with Crippen LogP contribution in [-0.2, 0) is 0 Å². The molecule has 1 fully saturated rings. The second-order valence-electron chi connectivity index (χ2n) is 14.4. The molecule has 54 heavy (non-hydrogen) atoms. The van der Waals surface area contributed by atoms with Gasteiger partial charge in [0.05, 0.1) is 22.1 Å². The molecule has 2 heterocycles. The monoisotopic (exact) mass is 697 g/mol. The van der Waals surface area contributed by atoms with Crippen LogP contribution in [0.2, 0.25) is 0 Å². The lowest BCUT2D eigenvalue weighted by Gasteiger charge is -2.22. The Balaban J connectivity index is 1.30. The van der Waals surface area contributed by atoms with Gasteiger partial charge in [0, 0.05) is 49.1 Å². The maximum atomic E-state index is 8.89. The minimum absolute atomic E-state index is 0.170. The number of para-hydroxylation sites is 2. The molecule has 10 rings (SSSR count). The van der Waals surface area contributed by atoms with Gasteiger partial charge < -0.3 is 4.57 Å². The maximum absolute atomic E-state index is 8.89. The zero-order valence-corrected chi connectivity index (χ0v) is 30.0. The highest BCUT2D eigenvalue weighted by Gasteiger charge is 2.25. The van der Waals surface area contributed by atoms with Crippen LogP contribution in [0.4, 0.5) is 0 Å². The number of hydrogen-bond acceptors (Lipinski definition) is 1. The van der Waals surface area contributed by atoms with E-state index in [4.69, 9.17) is 15.4 Å². The fraction of sp³-hybridized carbons (Fsp3) is 0.122. The van der Waals surface area contributed by atoms with Crippen molar-refractivity contribution in [2.45, 2.75) is 38.0 Å². The highest BCUT2D eigenvalue weighted by atomic mass is 15.1. The lowest BCUT2D eigenvalue weighted by molar-refractivity contribution is 0.444. The van der Waals surface area contributed by atoms with Gasteiger partial charge in [0.1, 0.15) is 6.34 Å². The van der Waals surface area contributed by atoms with Gasteiger partial charge >= 0.3 is 0 Å². The fourth-order valence-electron chi connectivity index (χ4n) is 8.78. The Morgan fingerprint density at radius 1 is 0.556 bits per heavy atom. The molecule has 260 valence electrons. The Labute approximate surface area is 314 Å². The first-order valence-electron chi connectivity index (χ1n) is 19.0. The first-order valence-corrected chi connectivity index (χ1v) is 19.0.